The van der Waals surface area contributed by atoms with Gasteiger partial charge in [-0.1, -0.05) is 6.07 Å². The van der Waals surface area contributed by atoms with Crippen molar-refractivity contribution in [3.8, 4) is 0 Å². The first-order valence-electron chi connectivity index (χ1n) is 7.57. The predicted molar refractivity (Wildman–Crippen MR) is 91.4 cm³/mol. The van der Waals surface area contributed by atoms with Crippen molar-refractivity contribution >= 4 is 29.7 Å². The fourth-order valence-corrected chi connectivity index (χ4v) is 3.18. The summed E-state index contributed by atoms with van der Waals surface area (Å²) in [5.41, 5.74) is 0. The van der Waals surface area contributed by atoms with E-state index in [1.54, 1.807) is 11.3 Å². The van der Waals surface area contributed by atoms with Crippen molar-refractivity contribution in [2.24, 2.45) is 0 Å². The zero-order valence-corrected chi connectivity index (χ0v) is 14.1. The highest BCUT2D eigenvalue weighted by Crippen LogP contribution is 2.11. The van der Waals surface area contributed by atoms with E-state index < -0.39 is 0 Å². The quantitative estimate of drug-likeness (QED) is 0.715. The fourth-order valence-electron chi connectivity index (χ4n) is 2.43. The highest BCUT2D eigenvalue weighted by Gasteiger charge is 2.08. The van der Waals surface area contributed by atoms with E-state index in [1.165, 1.54) is 4.88 Å². The van der Waals surface area contributed by atoms with Gasteiger partial charge in [0.15, 0.2) is 0 Å². The molecule has 1 amide bonds. The summed E-state index contributed by atoms with van der Waals surface area (Å²) in [4.78, 5) is 15.5. The summed E-state index contributed by atoms with van der Waals surface area (Å²) < 4.78 is 0. The number of rotatable bonds is 8. The van der Waals surface area contributed by atoms with Gasteiger partial charge in [-0.25, -0.2) is 0 Å². The lowest BCUT2D eigenvalue weighted by atomic mass is 10.2. The van der Waals surface area contributed by atoms with Crippen LogP contribution in [-0.4, -0.2) is 50.1 Å². The molecule has 0 aromatic carbocycles. The molecule has 1 saturated heterocycles. The van der Waals surface area contributed by atoms with Gasteiger partial charge in [0.05, 0.1) is 0 Å². The van der Waals surface area contributed by atoms with Crippen molar-refractivity contribution in [1.29, 1.82) is 0 Å². The van der Waals surface area contributed by atoms with Gasteiger partial charge in [0.2, 0.25) is 5.91 Å². The molecule has 0 aliphatic carbocycles. The van der Waals surface area contributed by atoms with Gasteiger partial charge in [-0.05, 0) is 37.3 Å². The molecule has 2 rings (SSSR count). The van der Waals surface area contributed by atoms with Crippen LogP contribution in [0.4, 0.5) is 0 Å². The van der Waals surface area contributed by atoms with Crippen molar-refractivity contribution in [2.75, 3.05) is 39.3 Å². The Bertz CT molecular complexity index is 380. The highest BCUT2D eigenvalue weighted by atomic mass is 35.5. The molecule has 4 nitrogen and oxygen atoms in total. The number of carbonyl (C=O) groups excluding carboxylic acids is 1. The number of piperazine rings is 1. The molecule has 2 heterocycles. The van der Waals surface area contributed by atoms with Crippen LogP contribution in [-0.2, 0) is 11.2 Å². The molecule has 1 fully saturated rings. The van der Waals surface area contributed by atoms with Crippen LogP contribution in [0.15, 0.2) is 17.5 Å². The van der Waals surface area contributed by atoms with Crippen molar-refractivity contribution in [3.63, 3.8) is 0 Å². The summed E-state index contributed by atoms with van der Waals surface area (Å²) in [5, 5.41) is 8.46. The zero-order chi connectivity index (χ0) is 14.0. The molecular weight excluding hydrogens is 306 g/mol. The van der Waals surface area contributed by atoms with Crippen LogP contribution in [0.25, 0.3) is 0 Å². The SMILES string of the molecule is Cl.O=C(CCCc1cccs1)NCCCN1CCNCC1. The Labute approximate surface area is 137 Å². The zero-order valence-electron chi connectivity index (χ0n) is 12.5. The molecule has 0 bridgehead atoms. The Kier molecular flexibility index (Phi) is 9.67. The molecule has 1 aromatic heterocycles. The Balaban J connectivity index is 0.00000220. The summed E-state index contributed by atoms with van der Waals surface area (Å²) in [5.74, 6) is 0.196. The van der Waals surface area contributed by atoms with Crippen LogP contribution >= 0.6 is 23.7 Å². The van der Waals surface area contributed by atoms with Crippen LogP contribution in [0.1, 0.15) is 24.1 Å². The largest absolute Gasteiger partial charge is 0.356 e. The number of aryl methyl sites for hydroxylation is 1. The fraction of sp³-hybridized carbons (Fsp3) is 0.667. The van der Waals surface area contributed by atoms with E-state index in [4.69, 9.17) is 0 Å². The van der Waals surface area contributed by atoms with Crippen molar-refractivity contribution in [1.82, 2.24) is 15.5 Å². The maximum absolute atomic E-state index is 11.7. The number of thiophene rings is 1. The van der Waals surface area contributed by atoms with Gasteiger partial charge >= 0.3 is 0 Å². The number of hydrogen-bond donors (Lipinski definition) is 2. The van der Waals surface area contributed by atoms with Gasteiger partial charge in [0.25, 0.3) is 0 Å². The molecule has 1 aliphatic heterocycles. The molecular formula is C15H26ClN3OS. The topological polar surface area (TPSA) is 44.4 Å². The minimum atomic E-state index is 0. The predicted octanol–water partition coefficient (Wildman–Crippen LogP) is 1.90. The van der Waals surface area contributed by atoms with E-state index in [2.05, 4.69) is 33.0 Å². The van der Waals surface area contributed by atoms with Gasteiger partial charge in [0.1, 0.15) is 0 Å². The third-order valence-corrected chi connectivity index (χ3v) is 4.53. The molecule has 0 atom stereocenters. The smallest absolute Gasteiger partial charge is 0.220 e. The Morgan fingerprint density at radius 3 is 2.86 bits per heavy atom. The molecule has 0 saturated carbocycles. The van der Waals surface area contributed by atoms with Crippen molar-refractivity contribution < 1.29 is 4.79 Å². The third kappa shape index (κ3) is 7.81. The monoisotopic (exact) mass is 331 g/mol. The molecule has 120 valence electrons. The average Bonchev–Trinajstić information content (AvgIpc) is 2.98. The van der Waals surface area contributed by atoms with Crippen LogP contribution in [0.5, 0.6) is 0 Å². The summed E-state index contributed by atoms with van der Waals surface area (Å²) in [6.45, 7) is 6.35. The maximum Gasteiger partial charge on any atom is 0.220 e. The van der Waals surface area contributed by atoms with Gasteiger partial charge < -0.3 is 15.5 Å². The number of nitrogens with zero attached hydrogens (tertiary/aromatic N) is 1. The summed E-state index contributed by atoms with van der Waals surface area (Å²) in [6, 6.07) is 4.20. The minimum Gasteiger partial charge on any atom is -0.356 e. The van der Waals surface area contributed by atoms with Crippen molar-refractivity contribution in [2.45, 2.75) is 25.7 Å². The van der Waals surface area contributed by atoms with Crippen LogP contribution in [0.2, 0.25) is 0 Å². The van der Waals surface area contributed by atoms with E-state index in [0.717, 1.165) is 58.5 Å². The number of nitrogens with one attached hydrogen (secondary N) is 2. The molecule has 21 heavy (non-hydrogen) atoms. The Morgan fingerprint density at radius 2 is 2.14 bits per heavy atom. The Morgan fingerprint density at radius 1 is 1.33 bits per heavy atom. The van der Waals surface area contributed by atoms with Gasteiger partial charge in [0, 0.05) is 44.0 Å². The van der Waals surface area contributed by atoms with Gasteiger partial charge in [-0.3, -0.25) is 4.79 Å². The average molecular weight is 332 g/mol. The molecule has 0 radical (unpaired) electrons. The molecule has 1 aromatic rings. The summed E-state index contributed by atoms with van der Waals surface area (Å²) in [6.07, 6.45) is 3.66. The highest BCUT2D eigenvalue weighted by molar-refractivity contribution is 7.09. The summed E-state index contributed by atoms with van der Waals surface area (Å²) in [7, 11) is 0. The van der Waals surface area contributed by atoms with E-state index in [9.17, 15) is 4.79 Å². The lowest BCUT2D eigenvalue weighted by Gasteiger charge is -2.27. The summed E-state index contributed by atoms with van der Waals surface area (Å²) >= 11 is 1.77. The number of hydrogen-bond acceptors (Lipinski definition) is 4. The van der Waals surface area contributed by atoms with E-state index >= 15 is 0 Å². The third-order valence-electron chi connectivity index (χ3n) is 3.59. The normalized spacial score (nSPS) is 15.4. The van der Waals surface area contributed by atoms with Crippen LogP contribution in [0.3, 0.4) is 0 Å². The molecule has 0 spiro atoms. The van der Waals surface area contributed by atoms with Crippen LogP contribution < -0.4 is 10.6 Å². The van der Waals surface area contributed by atoms with E-state index in [1.807, 2.05) is 0 Å². The van der Waals surface area contributed by atoms with E-state index in [-0.39, 0.29) is 18.3 Å². The number of halogens is 1. The molecule has 2 N–H and O–H groups in total. The first-order valence-corrected chi connectivity index (χ1v) is 8.45. The first-order chi connectivity index (χ1) is 9.84. The maximum atomic E-state index is 11.7. The first kappa shape index (κ1) is 18.4. The van der Waals surface area contributed by atoms with Gasteiger partial charge in [-0.15, -0.1) is 23.7 Å². The van der Waals surface area contributed by atoms with Gasteiger partial charge in [-0.2, -0.15) is 0 Å². The molecule has 6 heteroatoms. The second-order valence-corrected chi connectivity index (χ2v) is 6.26. The van der Waals surface area contributed by atoms with Crippen LogP contribution in [0, 0.1) is 0 Å². The second kappa shape index (κ2) is 11.0. The van der Waals surface area contributed by atoms with Crippen molar-refractivity contribution in [3.05, 3.63) is 22.4 Å². The molecule has 1 aliphatic rings. The lowest BCUT2D eigenvalue weighted by molar-refractivity contribution is -0.121. The minimum absolute atomic E-state index is 0. The number of carbonyl (C=O) groups is 1. The standard InChI is InChI=1S/C15H25N3OS.ClH/c19-15(6-1-4-14-5-2-13-20-14)17-7-3-10-18-11-8-16-9-12-18;/h2,5,13,16H,1,3-4,6-12H2,(H,17,19);1H. The number of amides is 1. The van der Waals surface area contributed by atoms with E-state index in [0.29, 0.717) is 6.42 Å². The second-order valence-electron chi connectivity index (χ2n) is 5.23. The lowest BCUT2D eigenvalue weighted by Crippen LogP contribution is -2.44. The Hall–Kier alpha value is -0.620. The molecule has 0 unspecified atom stereocenters.